The molecule has 2 aromatic carbocycles. The topological polar surface area (TPSA) is 131 Å². The van der Waals surface area contributed by atoms with Gasteiger partial charge in [0.05, 0.1) is 11.1 Å². The molecular formula is C22H23NO8. The van der Waals surface area contributed by atoms with Gasteiger partial charge in [0.1, 0.15) is 24.9 Å². The van der Waals surface area contributed by atoms with E-state index in [1.54, 1.807) is 48.5 Å². The molecule has 1 saturated heterocycles. The van der Waals surface area contributed by atoms with Crippen LogP contribution in [0.5, 0.6) is 0 Å². The Balaban J connectivity index is 1.76. The fourth-order valence-corrected chi connectivity index (χ4v) is 3.19. The molecule has 0 unspecified atom stereocenters. The summed E-state index contributed by atoms with van der Waals surface area (Å²) >= 11 is 0. The third kappa shape index (κ3) is 5.66. The number of benzene rings is 2. The summed E-state index contributed by atoms with van der Waals surface area (Å²) < 4.78 is 16.1. The summed E-state index contributed by atoms with van der Waals surface area (Å²) in [5.74, 6) is -1.91. The van der Waals surface area contributed by atoms with Gasteiger partial charge in [-0.15, -0.1) is 0 Å². The second kappa shape index (κ2) is 10.2. The highest BCUT2D eigenvalue weighted by Gasteiger charge is 2.47. The van der Waals surface area contributed by atoms with E-state index in [0.29, 0.717) is 5.56 Å². The minimum absolute atomic E-state index is 0.233. The van der Waals surface area contributed by atoms with Crippen molar-refractivity contribution in [2.45, 2.75) is 37.6 Å². The van der Waals surface area contributed by atoms with Gasteiger partial charge in [-0.2, -0.15) is 0 Å². The van der Waals surface area contributed by atoms with Crippen molar-refractivity contribution in [2.24, 2.45) is 0 Å². The number of aliphatic hydroxyl groups is 2. The number of aliphatic hydroxyl groups excluding tert-OH is 2. The third-order valence-electron chi connectivity index (χ3n) is 4.70. The van der Waals surface area contributed by atoms with E-state index in [4.69, 9.17) is 14.2 Å². The zero-order valence-electron chi connectivity index (χ0n) is 16.7. The second-order valence-corrected chi connectivity index (χ2v) is 6.98. The van der Waals surface area contributed by atoms with Gasteiger partial charge in [0.15, 0.2) is 12.4 Å². The first-order valence-corrected chi connectivity index (χ1v) is 9.63. The summed E-state index contributed by atoms with van der Waals surface area (Å²) in [5.41, 5.74) is 0.533. The first-order valence-electron chi connectivity index (χ1n) is 9.63. The number of rotatable bonds is 6. The van der Waals surface area contributed by atoms with Crippen LogP contribution in [-0.4, -0.2) is 65.3 Å². The fraction of sp³-hybridized carbons (Fsp3) is 0.318. The van der Waals surface area contributed by atoms with Gasteiger partial charge >= 0.3 is 11.9 Å². The number of carbonyl (C=O) groups excluding carboxylic acids is 3. The molecule has 1 aliphatic heterocycles. The van der Waals surface area contributed by atoms with Gasteiger partial charge < -0.3 is 29.7 Å². The van der Waals surface area contributed by atoms with Crippen LogP contribution in [0.15, 0.2) is 60.7 Å². The summed E-state index contributed by atoms with van der Waals surface area (Å²) in [6.07, 6.45) is -5.61. The lowest BCUT2D eigenvalue weighted by atomic mass is 9.96. The van der Waals surface area contributed by atoms with E-state index in [1.807, 2.05) is 0 Å². The van der Waals surface area contributed by atoms with Crippen LogP contribution in [0.25, 0.3) is 0 Å². The van der Waals surface area contributed by atoms with Gasteiger partial charge in [-0.05, 0) is 24.3 Å². The van der Waals surface area contributed by atoms with Gasteiger partial charge in [-0.1, -0.05) is 36.4 Å². The van der Waals surface area contributed by atoms with Crippen molar-refractivity contribution < 1.29 is 38.8 Å². The normalized spacial score (nSPS) is 25.3. The van der Waals surface area contributed by atoms with Crippen LogP contribution in [0.4, 0.5) is 0 Å². The maximum absolute atomic E-state index is 12.5. The van der Waals surface area contributed by atoms with Crippen molar-refractivity contribution >= 4 is 17.8 Å². The molecule has 1 amide bonds. The molecule has 9 nitrogen and oxygen atoms in total. The Hall–Kier alpha value is -3.27. The van der Waals surface area contributed by atoms with Crippen molar-refractivity contribution in [1.29, 1.82) is 0 Å². The van der Waals surface area contributed by atoms with Gasteiger partial charge in [0.2, 0.25) is 5.91 Å². The predicted octanol–water partition coefficient (Wildman–Crippen LogP) is 0.652. The highest BCUT2D eigenvalue weighted by Crippen LogP contribution is 2.24. The van der Waals surface area contributed by atoms with E-state index in [1.165, 1.54) is 19.1 Å². The number of carbonyl (C=O) groups is 3. The standard InChI is InChI=1S/C22H23NO8/c1-13(24)23-17-18(25)19(31-21(27)15-10-6-3-7-11-15)16(30-22(17)28)12-29-20(26)14-8-4-2-5-9-14/h2-11,16-19,22,25,28H,12H2,1H3,(H,23,24)/t16-,17-,18-,19-,22+/m1/s1. The Bertz CT molecular complexity index is 904. The molecule has 0 radical (unpaired) electrons. The molecule has 0 spiro atoms. The Kier molecular flexibility index (Phi) is 7.35. The summed E-state index contributed by atoms with van der Waals surface area (Å²) in [7, 11) is 0. The van der Waals surface area contributed by atoms with Crippen molar-refractivity contribution in [3.8, 4) is 0 Å². The first kappa shape index (κ1) is 22.4. The van der Waals surface area contributed by atoms with E-state index in [9.17, 15) is 24.6 Å². The Morgan fingerprint density at radius 2 is 1.48 bits per heavy atom. The van der Waals surface area contributed by atoms with Crippen LogP contribution < -0.4 is 5.32 Å². The lowest BCUT2D eigenvalue weighted by Crippen LogP contribution is -2.65. The predicted molar refractivity (Wildman–Crippen MR) is 107 cm³/mol. The quantitative estimate of drug-likeness (QED) is 0.571. The smallest absolute Gasteiger partial charge is 0.338 e. The molecule has 2 aromatic rings. The summed E-state index contributed by atoms with van der Waals surface area (Å²) in [6.45, 7) is 0.805. The van der Waals surface area contributed by atoms with Gasteiger partial charge in [0, 0.05) is 6.92 Å². The minimum atomic E-state index is -1.61. The lowest BCUT2D eigenvalue weighted by molar-refractivity contribution is -0.253. The molecule has 9 heteroatoms. The average Bonchev–Trinajstić information content (AvgIpc) is 2.78. The molecular weight excluding hydrogens is 406 g/mol. The molecule has 0 bridgehead atoms. The highest BCUT2D eigenvalue weighted by molar-refractivity contribution is 5.90. The van der Waals surface area contributed by atoms with Crippen LogP contribution in [0.1, 0.15) is 27.6 Å². The Morgan fingerprint density at radius 3 is 2.03 bits per heavy atom. The maximum atomic E-state index is 12.5. The van der Waals surface area contributed by atoms with Gasteiger partial charge in [-0.25, -0.2) is 9.59 Å². The van der Waals surface area contributed by atoms with E-state index < -0.39 is 55.1 Å². The molecule has 0 aromatic heterocycles. The highest BCUT2D eigenvalue weighted by atomic mass is 16.7. The molecule has 3 N–H and O–H groups in total. The molecule has 1 heterocycles. The summed E-state index contributed by atoms with van der Waals surface area (Å²) in [5, 5.41) is 23.3. The molecule has 164 valence electrons. The minimum Gasteiger partial charge on any atom is -0.459 e. The average molecular weight is 429 g/mol. The fourth-order valence-electron chi connectivity index (χ4n) is 3.19. The van der Waals surface area contributed by atoms with Gasteiger partial charge in [0.25, 0.3) is 0 Å². The van der Waals surface area contributed by atoms with Crippen molar-refractivity contribution in [3.05, 3.63) is 71.8 Å². The molecule has 31 heavy (non-hydrogen) atoms. The van der Waals surface area contributed by atoms with Crippen molar-refractivity contribution in [1.82, 2.24) is 5.32 Å². The van der Waals surface area contributed by atoms with Crippen LogP contribution in [0.2, 0.25) is 0 Å². The Morgan fingerprint density at radius 1 is 0.935 bits per heavy atom. The van der Waals surface area contributed by atoms with E-state index in [-0.39, 0.29) is 5.56 Å². The molecule has 5 atom stereocenters. The number of amides is 1. The summed E-state index contributed by atoms with van der Waals surface area (Å²) in [6, 6.07) is 15.0. The molecule has 0 aliphatic carbocycles. The van der Waals surface area contributed by atoms with E-state index in [2.05, 4.69) is 5.32 Å². The van der Waals surface area contributed by atoms with Crippen LogP contribution in [0.3, 0.4) is 0 Å². The van der Waals surface area contributed by atoms with Crippen LogP contribution in [-0.2, 0) is 19.0 Å². The molecule has 3 rings (SSSR count). The number of hydrogen-bond donors (Lipinski definition) is 3. The summed E-state index contributed by atoms with van der Waals surface area (Å²) in [4.78, 5) is 36.2. The zero-order chi connectivity index (χ0) is 22.4. The van der Waals surface area contributed by atoms with E-state index in [0.717, 1.165) is 0 Å². The molecule has 1 fully saturated rings. The zero-order valence-corrected chi connectivity index (χ0v) is 16.7. The number of esters is 2. The first-order chi connectivity index (χ1) is 14.9. The van der Waals surface area contributed by atoms with Crippen LogP contribution in [0, 0.1) is 0 Å². The number of nitrogens with one attached hydrogen (secondary N) is 1. The Labute approximate surface area is 178 Å². The van der Waals surface area contributed by atoms with E-state index >= 15 is 0 Å². The lowest BCUT2D eigenvalue weighted by Gasteiger charge is -2.42. The molecule has 0 saturated carbocycles. The van der Waals surface area contributed by atoms with Crippen molar-refractivity contribution in [2.75, 3.05) is 6.61 Å². The molecule has 1 aliphatic rings. The number of ether oxygens (including phenoxy) is 3. The van der Waals surface area contributed by atoms with Gasteiger partial charge in [-0.3, -0.25) is 4.79 Å². The third-order valence-corrected chi connectivity index (χ3v) is 4.70. The number of hydrogen-bond acceptors (Lipinski definition) is 8. The second-order valence-electron chi connectivity index (χ2n) is 6.98. The van der Waals surface area contributed by atoms with Crippen molar-refractivity contribution in [3.63, 3.8) is 0 Å². The largest absolute Gasteiger partial charge is 0.459 e. The monoisotopic (exact) mass is 429 g/mol. The SMILES string of the molecule is CC(=O)N[C@@H]1[C@@H](O)[C@H](OC(=O)c2ccccc2)[C@@H](COC(=O)c2ccccc2)O[C@@H]1O. The van der Waals surface area contributed by atoms with Crippen LogP contribution >= 0.6 is 0 Å². The maximum Gasteiger partial charge on any atom is 0.338 e.